The van der Waals surface area contributed by atoms with Crippen molar-refractivity contribution >= 4 is 6.29 Å². The third kappa shape index (κ3) is 3.39. The van der Waals surface area contributed by atoms with E-state index in [4.69, 9.17) is 4.74 Å². The Balaban J connectivity index is 2.43. The van der Waals surface area contributed by atoms with Gasteiger partial charge in [0.25, 0.3) is 0 Å². The van der Waals surface area contributed by atoms with Gasteiger partial charge in [0.05, 0.1) is 5.56 Å². The van der Waals surface area contributed by atoms with Crippen LogP contribution in [0.4, 0.5) is 17.6 Å². The number of carbonyl (C=O) groups excluding carboxylic acids is 1. The number of aryl methyl sites for hydroxylation is 1. The van der Waals surface area contributed by atoms with Crippen molar-refractivity contribution in [3.63, 3.8) is 0 Å². The summed E-state index contributed by atoms with van der Waals surface area (Å²) in [7, 11) is 0. The summed E-state index contributed by atoms with van der Waals surface area (Å²) in [5.74, 6) is -1.12. The number of aldehydes is 1. The minimum absolute atomic E-state index is 0.0533. The van der Waals surface area contributed by atoms with E-state index in [0.29, 0.717) is 17.9 Å². The number of alkyl halides is 3. The van der Waals surface area contributed by atoms with E-state index in [0.717, 1.165) is 12.1 Å². The average molecular weight is 298 g/mol. The molecule has 0 saturated heterocycles. The Bertz CT molecular complexity index is 678. The minimum atomic E-state index is -4.68. The Morgan fingerprint density at radius 3 is 2.38 bits per heavy atom. The zero-order chi connectivity index (χ0) is 15.6. The summed E-state index contributed by atoms with van der Waals surface area (Å²) < 4.78 is 57.3. The second-order valence-electron chi connectivity index (χ2n) is 4.38. The summed E-state index contributed by atoms with van der Waals surface area (Å²) in [6, 6.07) is 6.69. The third-order valence-corrected chi connectivity index (χ3v) is 2.82. The maximum absolute atomic E-state index is 13.4. The molecule has 0 spiro atoms. The molecule has 2 rings (SSSR count). The van der Waals surface area contributed by atoms with Gasteiger partial charge in [-0.25, -0.2) is 4.39 Å². The Hall–Kier alpha value is -2.37. The molecular formula is C15H10F4O2. The zero-order valence-corrected chi connectivity index (χ0v) is 10.9. The number of halogens is 4. The van der Waals surface area contributed by atoms with Crippen molar-refractivity contribution in [2.45, 2.75) is 13.1 Å². The van der Waals surface area contributed by atoms with Crippen LogP contribution in [0.1, 0.15) is 21.5 Å². The molecule has 0 aromatic heterocycles. The Kier molecular flexibility index (Phi) is 3.97. The van der Waals surface area contributed by atoms with Gasteiger partial charge >= 0.3 is 6.18 Å². The fourth-order valence-corrected chi connectivity index (χ4v) is 1.70. The highest BCUT2D eigenvalue weighted by molar-refractivity contribution is 5.75. The van der Waals surface area contributed by atoms with Crippen molar-refractivity contribution in [3.8, 4) is 11.5 Å². The van der Waals surface area contributed by atoms with Gasteiger partial charge < -0.3 is 4.74 Å². The first-order valence-corrected chi connectivity index (χ1v) is 5.91. The second kappa shape index (κ2) is 5.55. The molecule has 0 unspecified atom stereocenters. The largest absolute Gasteiger partial charge is 0.457 e. The standard InChI is InChI=1S/C15H10F4O2/c1-9-2-4-11(7-13(9)16)21-14-5-3-10(8-20)6-12(14)15(17,18)19/h2-8H,1H3. The number of hydrogen-bond donors (Lipinski definition) is 0. The number of hydrogen-bond acceptors (Lipinski definition) is 2. The maximum atomic E-state index is 13.4. The van der Waals surface area contributed by atoms with E-state index in [1.807, 2.05) is 0 Å². The van der Waals surface area contributed by atoms with Crippen LogP contribution in [0.2, 0.25) is 0 Å². The van der Waals surface area contributed by atoms with Gasteiger partial charge in [-0.15, -0.1) is 0 Å². The van der Waals surface area contributed by atoms with Crippen LogP contribution in [0.15, 0.2) is 36.4 Å². The van der Waals surface area contributed by atoms with Crippen LogP contribution in [0, 0.1) is 12.7 Å². The lowest BCUT2D eigenvalue weighted by Crippen LogP contribution is -2.08. The molecule has 0 atom stereocenters. The van der Waals surface area contributed by atoms with Gasteiger partial charge in [-0.05, 0) is 36.8 Å². The van der Waals surface area contributed by atoms with Crippen LogP contribution < -0.4 is 4.74 Å². The summed E-state index contributed by atoms with van der Waals surface area (Å²) in [5.41, 5.74) is -0.854. The Morgan fingerprint density at radius 1 is 1.10 bits per heavy atom. The fraction of sp³-hybridized carbons (Fsp3) is 0.133. The average Bonchev–Trinajstić information content (AvgIpc) is 2.42. The van der Waals surface area contributed by atoms with Gasteiger partial charge in [0.2, 0.25) is 0 Å². The third-order valence-electron chi connectivity index (χ3n) is 2.82. The number of benzene rings is 2. The van der Waals surface area contributed by atoms with Crippen molar-refractivity contribution in [2.75, 3.05) is 0 Å². The molecular weight excluding hydrogens is 288 g/mol. The molecule has 2 nitrogen and oxygen atoms in total. The Labute approximate surface area is 118 Å². The summed E-state index contributed by atoms with van der Waals surface area (Å²) in [6.07, 6.45) is -4.37. The molecule has 0 radical (unpaired) electrons. The van der Waals surface area contributed by atoms with E-state index >= 15 is 0 Å². The van der Waals surface area contributed by atoms with E-state index in [2.05, 4.69) is 0 Å². The first kappa shape index (κ1) is 15.0. The molecule has 0 bridgehead atoms. The molecule has 2 aromatic carbocycles. The first-order chi connectivity index (χ1) is 9.81. The number of ether oxygens (including phenoxy) is 1. The smallest absolute Gasteiger partial charge is 0.420 e. The van der Waals surface area contributed by atoms with Gasteiger partial charge in [-0.1, -0.05) is 6.07 Å². The highest BCUT2D eigenvalue weighted by Crippen LogP contribution is 2.38. The first-order valence-electron chi connectivity index (χ1n) is 5.91. The summed E-state index contributed by atoms with van der Waals surface area (Å²) in [5, 5.41) is 0. The highest BCUT2D eigenvalue weighted by atomic mass is 19.4. The molecule has 0 aliphatic carbocycles. The predicted molar refractivity (Wildman–Crippen MR) is 68.0 cm³/mol. The van der Waals surface area contributed by atoms with Crippen molar-refractivity contribution < 1.29 is 27.1 Å². The number of rotatable bonds is 3. The van der Waals surface area contributed by atoms with Crippen molar-refractivity contribution in [3.05, 3.63) is 58.9 Å². The van der Waals surface area contributed by atoms with Crippen LogP contribution in [-0.2, 0) is 6.18 Å². The van der Waals surface area contributed by atoms with E-state index < -0.39 is 23.3 Å². The lowest BCUT2D eigenvalue weighted by Gasteiger charge is -2.14. The predicted octanol–water partition coefficient (Wildman–Crippen LogP) is 4.76. The normalized spacial score (nSPS) is 11.3. The monoisotopic (exact) mass is 298 g/mol. The second-order valence-corrected chi connectivity index (χ2v) is 4.38. The van der Waals surface area contributed by atoms with Gasteiger partial charge in [0, 0.05) is 11.6 Å². The summed E-state index contributed by atoms with van der Waals surface area (Å²) in [6.45, 7) is 1.53. The van der Waals surface area contributed by atoms with Crippen molar-refractivity contribution in [2.24, 2.45) is 0 Å². The van der Waals surface area contributed by atoms with Crippen LogP contribution in [0.5, 0.6) is 11.5 Å². The quantitative estimate of drug-likeness (QED) is 0.603. The van der Waals surface area contributed by atoms with Gasteiger partial charge in [0.15, 0.2) is 0 Å². The molecule has 0 saturated carbocycles. The molecule has 6 heteroatoms. The number of carbonyl (C=O) groups is 1. The minimum Gasteiger partial charge on any atom is -0.457 e. The molecule has 0 aliphatic heterocycles. The summed E-state index contributed by atoms with van der Waals surface area (Å²) >= 11 is 0. The van der Waals surface area contributed by atoms with Crippen LogP contribution in [0.25, 0.3) is 0 Å². The van der Waals surface area contributed by atoms with E-state index in [1.54, 1.807) is 0 Å². The molecule has 2 aromatic rings. The highest BCUT2D eigenvalue weighted by Gasteiger charge is 2.35. The lowest BCUT2D eigenvalue weighted by molar-refractivity contribution is -0.138. The Morgan fingerprint density at radius 2 is 1.81 bits per heavy atom. The molecule has 0 fully saturated rings. The molecule has 0 amide bonds. The topological polar surface area (TPSA) is 26.3 Å². The van der Waals surface area contributed by atoms with E-state index in [9.17, 15) is 22.4 Å². The van der Waals surface area contributed by atoms with E-state index in [-0.39, 0.29) is 11.3 Å². The van der Waals surface area contributed by atoms with Crippen LogP contribution in [-0.4, -0.2) is 6.29 Å². The van der Waals surface area contributed by atoms with Crippen molar-refractivity contribution in [1.82, 2.24) is 0 Å². The van der Waals surface area contributed by atoms with Gasteiger partial charge in [-0.3, -0.25) is 4.79 Å². The fourth-order valence-electron chi connectivity index (χ4n) is 1.70. The molecule has 0 N–H and O–H groups in total. The van der Waals surface area contributed by atoms with Gasteiger partial charge in [-0.2, -0.15) is 13.2 Å². The zero-order valence-electron chi connectivity index (χ0n) is 10.9. The van der Waals surface area contributed by atoms with E-state index in [1.165, 1.54) is 25.1 Å². The SMILES string of the molecule is Cc1ccc(Oc2ccc(C=O)cc2C(F)(F)F)cc1F. The lowest BCUT2D eigenvalue weighted by atomic mass is 10.1. The van der Waals surface area contributed by atoms with Crippen LogP contribution >= 0.6 is 0 Å². The molecule has 21 heavy (non-hydrogen) atoms. The molecule has 0 aliphatic rings. The summed E-state index contributed by atoms with van der Waals surface area (Å²) in [4.78, 5) is 10.6. The molecule has 110 valence electrons. The molecule has 0 heterocycles. The van der Waals surface area contributed by atoms with Crippen LogP contribution in [0.3, 0.4) is 0 Å². The maximum Gasteiger partial charge on any atom is 0.420 e. The van der Waals surface area contributed by atoms with Gasteiger partial charge in [0.1, 0.15) is 23.6 Å². The van der Waals surface area contributed by atoms with Crippen molar-refractivity contribution in [1.29, 1.82) is 0 Å².